The van der Waals surface area contributed by atoms with E-state index in [4.69, 9.17) is 9.47 Å². The van der Waals surface area contributed by atoms with Crippen LogP contribution in [0.1, 0.15) is 23.8 Å². The molecule has 1 amide bonds. The number of ether oxygens (including phenoxy) is 2. The summed E-state index contributed by atoms with van der Waals surface area (Å²) < 4.78 is 10.6. The second kappa shape index (κ2) is 7.77. The van der Waals surface area contributed by atoms with Gasteiger partial charge in [-0.05, 0) is 37.6 Å². The lowest BCUT2D eigenvalue weighted by Gasteiger charge is -2.22. The van der Waals surface area contributed by atoms with E-state index in [1.54, 1.807) is 7.11 Å². The summed E-state index contributed by atoms with van der Waals surface area (Å²) in [6, 6.07) is 7.71. The van der Waals surface area contributed by atoms with E-state index < -0.39 is 0 Å². The molecule has 3 rings (SSSR count). The van der Waals surface area contributed by atoms with Crippen molar-refractivity contribution in [3.8, 4) is 16.3 Å². The highest BCUT2D eigenvalue weighted by atomic mass is 32.1. The summed E-state index contributed by atoms with van der Waals surface area (Å²) >= 11 is 1.49. The van der Waals surface area contributed by atoms with E-state index in [1.165, 1.54) is 11.3 Å². The summed E-state index contributed by atoms with van der Waals surface area (Å²) in [6.45, 7) is 4.98. The van der Waals surface area contributed by atoms with Crippen LogP contribution in [-0.2, 0) is 4.74 Å². The average molecular weight is 346 g/mol. The molecule has 0 saturated carbocycles. The summed E-state index contributed by atoms with van der Waals surface area (Å²) in [5, 5.41) is 2.69. The highest BCUT2D eigenvalue weighted by Gasteiger charge is 2.23. The Kier molecular flexibility index (Phi) is 5.48. The fourth-order valence-corrected chi connectivity index (χ4v) is 3.59. The van der Waals surface area contributed by atoms with E-state index in [0.29, 0.717) is 18.2 Å². The molecule has 0 bridgehead atoms. The largest absolute Gasteiger partial charge is 0.497 e. The van der Waals surface area contributed by atoms with Crippen LogP contribution in [0.4, 0.5) is 0 Å². The van der Waals surface area contributed by atoms with Crippen molar-refractivity contribution < 1.29 is 14.3 Å². The van der Waals surface area contributed by atoms with Crippen molar-refractivity contribution in [1.29, 1.82) is 0 Å². The Morgan fingerprint density at radius 3 is 2.83 bits per heavy atom. The van der Waals surface area contributed by atoms with E-state index >= 15 is 0 Å². The molecule has 128 valence electrons. The lowest BCUT2D eigenvalue weighted by molar-refractivity contribution is 0.0726. The predicted molar refractivity (Wildman–Crippen MR) is 94.6 cm³/mol. The van der Waals surface area contributed by atoms with Gasteiger partial charge in [0.15, 0.2) is 0 Å². The van der Waals surface area contributed by atoms with Gasteiger partial charge in [0, 0.05) is 36.6 Å². The molecule has 1 atom stereocenters. The van der Waals surface area contributed by atoms with Crippen LogP contribution >= 0.6 is 11.3 Å². The van der Waals surface area contributed by atoms with Crippen LogP contribution in [0.2, 0.25) is 0 Å². The number of hydrogen-bond donors (Lipinski definition) is 0. The van der Waals surface area contributed by atoms with Crippen molar-refractivity contribution in [2.75, 3.05) is 33.4 Å². The van der Waals surface area contributed by atoms with Gasteiger partial charge in [-0.15, -0.1) is 11.3 Å². The first kappa shape index (κ1) is 16.9. The maximum absolute atomic E-state index is 12.7. The zero-order valence-electron chi connectivity index (χ0n) is 14.0. The Labute approximate surface area is 146 Å². The molecular weight excluding hydrogens is 324 g/mol. The second-order valence-electron chi connectivity index (χ2n) is 5.84. The molecule has 0 aliphatic carbocycles. The first-order valence-corrected chi connectivity index (χ1v) is 9.06. The van der Waals surface area contributed by atoms with Gasteiger partial charge in [-0.25, -0.2) is 4.98 Å². The lowest BCUT2D eigenvalue weighted by Crippen LogP contribution is -2.35. The van der Waals surface area contributed by atoms with E-state index in [1.807, 2.05) is 41.5 Å². The van der Waals surface area contributed by atoms with Gasteiger partial charge in [0.2, 0.25) is 0 Å². The zero-order chi connectivity index (χ0) is 16.9. The number of aromatic nitrogens is 1. The van der Waals surface area contributed by atoms with Crippen LogP contribution in [0.3, 0.4) is 0 Å². The third kappa shape index (κ3) is 3.76. The monoisotopic (exact) mass is 346 g/mol. The topological polar surface area (TPSA) is 51.7 Å². The van der Waals surface area contributed by atoms with E-state index in [9.17, 15) is 4.79 Å². The molecule has 1 saturated heterocycles. The normalized spacial score (nSPS) is 17.0. The number of benzene rings is 1. The molecule has 1 aliphatic heterocycles. The molecular formula is C18H22N2O3S. The standard InChI is InChI=1S/C18H22N2O3S/c1-3-20(10-13-8-9-23-11-13)18(21)16-12-24-17(19-16)14-4-6-15(22-2)7-5-14/h4-7,12-13H,3,8-11H2,1-2H3. The molecule has 1 aromatic heterocycles. The van der Waals surface area contributed by atoms with Gasteiger partial charge in [0.25, 0.3) is 5.91 Å². The molecule has 1 aromatic carbocycles. The Morgan fingerprint density at radius 2 is 2.21 bits per heavy atom. The minimum Gasteiger partial charge on any atom is -0.497 e. The van der Waals surface area contributed by atoms with Gasteiger partial charge in [-0.2, -0.15) is 0 Å². The number of carbonyl (C=O) groups is 1. The highest BCUT2D eigenvalue weighted by molar-refractivity contribution is 7.13. The minimum absolute atomic E-state index is 0.000381. The summed E-state index contributed by atoms with van der Waals surface area (Å²) in [7, 11) is 1.64. The molecule has 1 unspecified atom stereocenters. The number of thiazole rings is 1. The number of rotatable bonds is 6. The van der Waals surface area contributed by atoms with E-state index in [-0.39, 0.29) is 5.91 Å². The molecule has 0 N–H and O–H groups in total. The Morgan fingerprint density at radius 1 is 1.42 bits per heavy atom. The van der Waals surface area contributed by atoms with Gasteiger partial charge in [-0.3, -0.25) is 4.79 Å². The number of nitrogens with zero attached hydrogens (tertiary/aromatic N) is 2. The average Bonchev–Trinajstić information content (AvgIpc) is 3.31. The Bertz CT molecular complexity index is 678. The SMILES string of the molecule is CCN(CC1CCOC1)C(=O)c1csc(-c2ccc(OC)cc2)n1. The predicted octanol–water partition coefficient (Wildman–Crippen LogP) is 3.32. The molecule has 2 heterocycles. The Balaban J connectivity index is 1.71. The van der Waals surface area contributed by atoms with Gasteiger partial charge < -0.3 is 14.4 Å². The minimum atomic E-state index is 0.000381. The van der Waals surface area contributed by atoms with Crippen molar-refractivity contribution >= 4 is 17.2 Å². The number of amides is 1. The second-order valence-corrected chi connectivity index (χ2v) is 6.70. The van der Waals surface area contributed by atoms with Crippen LogP contribution in [0.25, 0.3) is 10.6 Å². The van der Waals surface area contributed by atoms with Crippen LogP contribution in [0.15, 0.2) is 29.6 Å². The van der Waals surface area contributed by atoms with E-state index in [2.05, 4.69) is 4.98 Å². The Hall–Kier alpha value is -1.92. The quantitative estimate of drug-likeness (QED) is 0.805. The molecule has 6 heteroatoms. The number of methoxy groups -OCH3 is 1. The number of hydrogen-bond acceptors (Lipinski definition) is 5. The van der Waals surface area contributed by atoms with Gasteiger partial charge in [0.1, 0.15) is 16.5 Å². The smallest absolute Gasteiger partial charge is 0.273 e. The lowest BCUT2D eigenvalue weighted by atomic mass is 10.1. The molecule has 2 aromatic rings. The molecule has 0 spiro atoms. The summed E-state index contributed by atoms with van der Waals surface area (Å²) in [5.41, 5.74) is 1.51. The van der Waals surface area contributed by atoms with Crippen molar-refractivity contribution in [1.82, 2.24) is 9.88 Å². The summed E-state index contributed by atoms with van der Waals surface area (Å²) in [6.07, 6.45) is 1.03. The van der Waals surface area contributed by atoms with Gasteiger partial charge in [-0.1, -0.05) is 0 Å². The fourth-order valence-electron chi connectivity index (χ4n) is 2.79. The van der Waals surface area contributed by atoms with Crippen LogP contribution in [0, 0.1) is 5.92 Å². The molecule has 1 aliphatic rings. The zero-order valence-corrected chi connectivity index (χ0v) is 14.8. The van der Waals surface area contributed by atoms with Crippen molar-refractivity contribution in [3.05, 3.63) is 35.3 Å². The first-order chi connectivity index (χ1) is 11.7. The van der Waals surface area contributed by atoms with Gasteiger partial charge in [0.05, 0.1) is 13.7 Å². The van der Waals surface area contributed by atoms with Crippen molar-refractivity contribution in [3.63, 3.8) is 0 Å². The third-order valence-corrected chi connectivity index (χ3v) is 5.12. The van der Waals surface area contributed by atoms with Crippen LogP contribution < -0.4 is 4.74 Å². The maximum Gasteiger partial charge on any atom is 0.273 e. The van der Waals surface area contributed by atoms with Gasteiger partial charge >= 0.3 is 0 Å². The third-order valence-electron chi connectivity index (χ3n) is 4.23. The molecule has 1 fully saturated rings. The van der Waals surface area contributed by atoms with Crippen LogP contribution in [-0.4, -0.2) is 49.2 Å². The molecule has 24 heavy (non-hydrogen) atoms. The molecule has 0 radical (unpaired) electrons. The van der Waals surface area contributed by atoms with Crippen molar-refractivity contribution in [2.24, 2.45) is 5.92 Å². The first-order valence-electron chi connectivity index (χ1n) is 8.18. The van der Waals surface area contributed by atoms with Crippen LogP contribution in [0.5, 0.6) is 5.75 Å². The van der Waals surface area contributed by atoms with Crippen molar-refractivity contribution in [2.45, 2.75) is 13.3 Å². The highest BCUT2D eigenvalue weighted by Crippen LogP contribution is 2.26. The van der Waals surface area contributed by atoms with E-state index in [0.717, 1.165) is 42.5 Å². The molecule has 5 nitrogen and oxygen atoms in total. The summed E-state index contributed by atoms with van der Waals surface area (Å²) in [4.78, 5) is 19.1. The summed E-state index contributed by atoms with van der Waals surface area (Å²) in [5.74, 6) is 1.25. The number of carbonyl (C=O) groups excluding carboxylic acids is 1. The maximum atomic E-state index is 12.7. The fraction of sp³-hybridized carbons (Fsp3) is 0.444.